The lowest BCUT2D eigenvalue weighted by atomic mass is 10.1. The van der Waals surface area contributed by atoms with Crippen molar-refractivity contribution in [2.45, 2.75) is 26.1 Å². The molecule has 2 aromatic carbocycles. The van der Waals surface area contributed by atoms with Crippen LogP contribution < -0.4 is 0 Å². The molecule has 8 heteroatoms. The number of fused-ring (bicyclic) bond motifs is 1. The van der Waals surface area contributed by atoms with E-state index in [1.807, 2.05) is 35.8 Å². The number of rotatable bonds is 2. The van der Waals surface area contributed by atoms with E-state index < -0.39 is 22.7 Å². The van der Waals surface area contributed by atoms with Crippen molar-refractivity contribution in [3.05, 3.63) is 81.9 Å². The fraction of sp³-hybridized carbons (Fsp3) is 0.238. The van der Waals surface area contributed by atoms with Gasteiger partial charge in [0, 0.05) is 24.3 Å². The summed E-state index contributed by atoms with van der Waals surface area (Å²) in [5, 5.41) is -0.568. The monoisotopic (exact) mass is 419 g/mol. The fourth-order valence-electron chi connectivity index (χ4n) is 3.61. The minimum Gasteiger partial charge on any atom is -0.332 e. The van der Waals surface area contributed by atoms with Crippen LogP contribution in [0.5, 0.6) is 0 Å². The first-order chi connectivity index (χ1) is 13.8. The lowest BCUT2D eigenvalue weighted by Gasteiger charge is -2.28. The molecule has 0 fully saturated rings. The number of nitrogens with zero attached hydrogens (tertiary/aromatic N) is 3. The molecule has 1 aliphatic heterocycles. The third-order valence-electron chi connectivity index (χ3n) is 5.11. The number of carbonyl (C=O) groups is 1. The van der Waals surface area contributed by atoms with E-state index in [4.69, 9.17) is 11.6 Å². The number of halogens is 4. The zero-order chi connectivity index (χ0) is 20.8. The highest BCUT2D eigenvalue weighted by molar-refractivity contribution is 6.34. The zero-order valence-electron chi connectivity index (χ0n) is 15.5. The van der Waals surface area contributed by atoms with Gasteiger partial charge in [0.2, 0.25) is 0 Å². The number of benzene rings is 2. The Kier molecular flexibility index (Phi) is 4.86. The number of alkyl halides is 3. The lowest BCUT2D eigenvalue weighted by molar-refractivity contribution is -0.137. The van der Waals surface area contributed by atoms with E-state index in [0.717, 1.165) is 28.7 Å². The van der Waals surface area contributed by atoms with Crippen molar-refractivity contribution in [1.82, 2.24) is 14.5 Å². The van der Waals surface area contributed by atoms with Crippen molar-refractivity contribution < 1.29 is 18.0 Å². The third kappa shape index (κ3) is 3.51. The van der Waals surface area contributed by atoms with E-state index in [1.54, 1.807) is 6.33 Å². The summed E-state index contributed by atoms with van der Waals surface area (Å²) >= 11 is 5.92. The first-order valence-electron chi connectivity index (χ1n) is 9.03. The molecule has 3 aromatic rings. The van der Waals surface area contributed by atoms with Gasteiger partial charge in [-0.25, -0.2) is 4.98 Å². The van der Waals surface area contributed by atoms with E-state index in [1.165, 1.54) is 17.0 Å². The molecule has 0 saturated carbocycles. The van der Waals surface area contributed by atoms with Gasteiger partial charge in [0.1, 0.15) is 0 Å². The quantitative estimate of drug-likeness (QED) is 0.583. The van der Waals surface area contributed by atoms with E-state index in [-0.39, 0.29) is 12.1 Å². The summed E-state index contributed by atoms with van der Waals surface area (Å²) in [4.78, 5) is 18.8. The van der Waals surface area contributed by atoms with Gasteiger partial charge in [-0.2, -0.15) is 13.2 Å². The molecule has 4 rings (SSSR count). The van der Waals surface area contributed by atoms with Gasteiger partial charge in [-0.15, -0.1) is 0 Å². The Labute approximate surface area is 170 Å². The highest BCUT2D eigenvalue weighted by atomic mass is 35.5. The molecular weight excluding hydrogens is 403 g/mol. The Bertz CT molecular complexity index is 1090. The summed E-state index contributed by atoms with van der Waals surface area (Å²) < 4.78 is 41.3. The smallest absolute Gasteiger partial charge is 0.332 e. The second-order valence-corrected chi connectivity index (χ2v) is 7.31. The molecule has 1 amide bonds. The van der Waals surface area contributed by atoms with Crippen LogP contribution in [0.1, 0.15) is 32.9 Å². The number of amides is 1. The Morgan fingerprint density at radius 2 is 1.90 bits per heavy atom. The van der Waals surface area contributed by atoms with Crippen molar-refractivity contribution >= 4 is 17.5 Å². The molecule has 0 atom stereocenters. The van der Waals surface area contributed by atoms with Crippen LogP contribution in [-0.2, 0) is 19.1 Å². The molecule has 29 heavy (non-hydrogen) atoms. The molecule has 1 aliphatic rings. The number of hydrogen-bond donors (Lipinski definition) is 0. The van der Waals surface area contributed by atoms with Crippen molar-refractivity contribution in [1.29, 1.82) is 0 Å². The number of aromatic nitrogens is 2. The van der Waals surface area contributed by atoms with Crippen LogP contribution in [0.2, 0.25) is 5.02 Å². The van der Waals surface area contributed by atoms with E-state index in [0.29, 0.717) is 13.0 Å². The highest BCUT2D eigenvalue weighted by Crippen LogP contribution is 2.37. The van der Waals surface area contributed by atoms with Crippen LogP contribution in [0, 0.1) is 6.92 Å². The molecule has 0 spiro atoms. The molecule has 0 radical (unpaired) electrons. The summed E-state index contributed by atoms with van der Waals surface area (Å²) in [5.74, 6) is -0.530. The maximum atomic E-state index is 13.1. The van der Waals surface area contributed by atoms with Gasteiger partial charge >= 0.3 is 6.18 Å². The SMILES string of the molecule is Cc1ccccc1-n1cnc2c1CCN(C(=O)c1cccc(C(F)(F)F)c1Cl)C2. The molecule has 2 heterocycles. The molecule has 150 valence electrons. The summed E-state index contributed by atoms with van der Waals surface area (Å²) in [5.41, 5.74) is 2.69. The van der Waals surface area contributed by atoms with Crippen LogP contribution in [-0.4, -0.2) is 26.9 Å². The summed E-state index contributed by atoms with van der Waals surface area (Å²) in [6, 6.07) is 11.3. The van der Waals surface area contributed by atoms with Gasteiger partial charge in [0.05, 0.1) is 34.7 Å². The van der Waals surface area contributed by atoms with Gasteiger partial charge in [-0.05, 0) is 30.7 Å². The van der Waals surface area contributed by atoms with Crippen LogP contribution >= 0.6 is 11.6 Å². The number of para-hydroxylation sites is 1. The van der Waals surface area contributed by atoms with Gasteiger partial charge in [-0.1, -0.05) is 35.9 Å². The zero-order valence-corrected chi connectivity index (χ0v) is 16.3. The van der Waals surface area contributed by atoms with Gasteiger partial charge < -0.3 is 9.47 Å². The fourth-order valence-corrected chi connectivity index (χ4v) is 3.92. The molecule has 4 nitrogen and oxygen atoms in total. The Balaban J connectivity index is 1.62. The van der Waals surface area contributed by atoms with Crippen molar-refractivity contribution in [2.24, 2.45) is 0 Å². The number of aryl methyl sites for hydroxylation is 1. The van der Waals surface area contributed by atoms with Crippen LogP contribution in [0.15, 0.2) is 48.8 Å². The Morgan fingerprint density at radius 3 is 2.62 bits per heavy atom. The minimum absolute atomic E-state index is 0.150. The molecular formula is C21H17ClF3N3O. The predicted octanol–water partition coefficient (Wildman–Crippen LogP) is 5.05. The van der Waals surface area contributed by atoms with Crippen LogP contribution in [0.25, 0.3) is 5.69 Å². The summed E-state index contributed by atoms with van der Waals surface area (Å²) in [7, 11) is 0. The van der Waals surface area contributed by atoms with Crippen molar-refractivity contribution in [2.75, 3.05) is 6.54 Å². The average Bonchev–Trinajstić information content (AvgIpc) is 3.10. The number of hydrogen-bond acceptors (Lipinski definition) is 2. The second kappa shape index (κ2) is 7.22. The molecule has 0 unspecified atom stereocenters. The predicted molar refractivity (Wildman–Crippen MR) is 103 cm³/mol. The van der Waals surface area contributed by atoms with Crippen molar-refractivity contribution in [3.63, 3.8) is 0 Å². The number of carbonyl (C=O) groups excluding carboxylic acids is 1. The van der Waals surface area contributed by atoms with Gasteiger partial charge in [-0.3, -0.25) is 4.79 Å². The second-order valence-electron chi connectivity index (χ2n) is 6.94. The van der Waals surface area contributed by atoms with E-state index >= 15 is 0 Å². The lowest BCUT2D eigenvalue weighted by Crippen LogP contribution is -2.36. The van der Waals surface area contributed by atoms with Crippen LogP contribution in [0.4, 0.5) is 13.2 Å². The van der Waals surface area contributed by atoms with Crippen LogP contribution in [0.3, 0.4) is 0 Å². The minimum atomic E-state index is -4.62. The molecule has 0 N–H and O–H groups in total. The summed E-state index contributed by atoms with van der Waals surface area (Å²) in [6.07, 6.45) is -2.35. The normalized spacial score (nSPS) is 14.0. The van der Waals surface area contributed by atoms with E-state index in [2.05, 4.69) is 4.98 Å². The Morgan fingerprint density at radius 1 is 1.14 bits per heavy atom. The highest BCUT2D eigenvalue weighted by Gasteiger charge is 2.35. The van der Waals surface area contributed by atoms with Gasteiger partial charge in [0.25, 0.3) is 5.91 Å². The average molecular weight is 420 g/mol. The first kappa shape index (κ1) is 19.5. The largest absolute Gasteiger partial charge is 0.417 e. The maximum absolute atomic E-state index is 13.1. The number of imidazole rings is 1. The van der Waals surface area contributed by atoms with E-state index in [9.17, 15) is 18.0 Å². The standard InChI is InChI=1S/C21H17ClF3N3O/c1-13-5-2-3-8-17(13)28-12-26-16-11-27(10-9-18(16)28)20(29)14-6-4-7-15(19(14)22)21(23,24)25/h2-8,12H,9-11H2,1H3. The molecule has 0 saturated heterocycles. The third-order valence-corrected chi connectivity index (χ3v) is 5.52. The topological polar surface area (TPSA) is 38.1 Å². The molecule has 1 aromatic heterocycles. The Hall–Kier alpha value is -2.80. The first-order valence-corrected chi connectivity index (χ1v) is 9.41. The maximum Gasteiger partial charge on any atom is 0.417 e. The molecule has 0 aliphatic carbocycles. The van der Waals surface area contributed by atoms with Gasteiger partial charge in [0.15, 0.2) is 0 Å². The summed E-state index contributed by atoms with van der Waals surface area (Å²) in [6.45, 7) is 2.60. The van der Waals surface area contributed by atoms with Crippen molar-refractivity contribution in [3.8, 4) is 5.69 Å². The molecule has 0 bridgehead atoms.